The van der Waals surface area contributed by atoms with Gasteiger partial charge in [0.2, 0.25) is 0 Å². The smallest absolute Gasteiger partial charge is 0.268 e. The van der Waals surface area contributed by atoms with Crippen molar-refractivity contribution in [3.63, 3.8) is 0 Å². The van der Waals surface area contributed by atoms with Crippen molar-refractivity contribution in [3.8, 4) is 0 Å². The first-order chi connectivity index (χ1) is 6.87. The lowest BCUT2D eigenvalue weighted by Gasteiger charge is -2.41. The molecule has 0 aliphatic carbocycles. The lowest BCUT2D eigenvalue weighted by Crippen LogP contribution is -2.57. The van der Waals surface area contributed by atoms with Gasteiger partial charge < -0.3 is 4.74 Å². The van der Waals surface area contributed by atoms with E-state index in [1.165, 1.54) is 13.8 Å². The third-order valence-electron chi connectivity index (χ3n) is 2.92. The maximum Gasteiger partial charge on any atom is 0.268 e. The van der Waals surface area contributed by atoms with Gasteiger partial charge in [0.1, 0.15) is 11.4 Å². The van der Waals surface area contributed by atoms with Crippen LogP contribution in [0.4, 0.5) is 8.78 Å². The van der Waals surface area contributed by atoms with Gasteiger partial charge in [-0.25, -0.2) is 8.78 Å². The van der Waals surface area contributed by atoms with Gasteiger partial charge in [0, 0.05) is 13.1 Å². The van der Waals surface area contributed by atoms with Gasteiger partial charge in [0.25, 0.3) is 6.43 Å². The molecular formula is C10H17F2NO2. The van der Waals surface area contributed by atoms with Gasteiger partial charge in [-0.3, -0.25) is 9.69 Å². The molecule has 5 heteroatoms. The molecule has 1 rings (SSSR count). The molecule has 2 unspecified atom stereocenters. The average Bonchev–Trinajstić information content (AvgIpc) is 2.16. The molecule has 1 aliphatic heterocycles. The maximum absolute atomic E-state index is 12.7. The van der Waals surface area contributed by atoms with Crippen molar-refractivity contribution in [2.24, 2.45) is 0 Å². The van der Waals surface area contributed by atoms with Crippen molar-refractivity contribution >= 4 is 5.78 Å². The van der Waals surface area contributed by atoms with Crippen LogP contribution in [0.2, 0.25) is 0 Å². The number of alkyl halides is 2. The number of Topliss-reactive ketones (excluding diaryl/α,β-unsaturated/α-hetero) is 1. The highest BCUT2D eigenvalue weighted by Gasteiger charge is 2.42. The second-order valence-electron chi connectivity index (χ2n) is 4.22. The quantitative estimate of drug-likeness (QED) is 0.720. The van der Waals surface area contributed by atoms with Crippen LogP contribution in [0.1, 0.15) is 20.8 Å². The van der Waals surface area contributed by atoms with E-state index >= 15 is 0 Å². The molecule has 0 radical (unpaired) electrons. The molecule has 0 aromatic rings. The van der Waals surface area contributed by atoms with Crippen molar-refractivity contribution in [2.75, 3.05) is 19.7 Å². The number of hydrogen-bond donors (Lipinski definition) is 0. The fourth-order valence-electron chi connectivity index (χ4n) is 1.64. The number of morpholine rings is 1. The number of hydrogen-bond acceptors (Lipinski definition) is 3. The van der Waals surface area contributed by atoms with Crippen LogP contribution >= 0.6 is 0 Å². The van der Waals surface area contributed by atoms with E-state index in [1.54, 1.807) is 11.8 Å². The van der Waals surface area contributed by atoms with Crippen LogP contribution in [-0.2, 0) is 9.53 Å². The summed E-state index contributed by atoms with van der Waals surface area (Å²) in [7, 11) is 0. The van der Waals surface area contributed by atoms with E-state index in [0.29, 0.717) is 6.54 Å². The van der Waals surface area contributed by atoms with Crippen LogP contribution in [0.15, 0.2) is 0 Å². The highest BCUT2D eigenvalue weighted by molar-refractivity contribution is 5.80. The Balaban J connectivity index is 2.67. The second-order valence-corrected chi connectivity index (χ2v) is 4.22. The molecule has 1 aliphatic rings. The van der Waals surface area contributed by atoms with Crippen LogP contribution in [0.5, 0.6) is 0 Å². The Hall–Kier alpha value is -0.550. The summed E-state index contributed by atoms with van der Waals surface area (Å²) in [5.41, 5.74) is -1.44. The topological polar surface area (TPSA) is 29.5 Å². The Morgan fingerprint density at radius 3 is 2.60 bits per heavy atom. The van der Waals surface area contributed by atoms with Crippen molar-refractivity contribution < 1.29 is 18.3 Å². The Labute approximate surface area is 88.4 Å². The zero-order chi connectivity index (χ0) is 11.6. The predicted octanol–water partition coefficient (Wildman–Crippen LogP) is 1.32. The van der Waals surface area contributed by atoms with Crippen molar-refractivity contribution in [2.45, 2.75) is 38.8 Å². The molecule has 2 atom stereocenters. The molecule has 1 fully saturated rings. The Morgan fingerprint density at radius 2 is 2.13 bits per heavy atom. The van der Waals surface area contributed by atoms with Gasteiger partial charge in [-0.15, -0.1) is 0 Å². The fraction of sp³-hybridized carbons (Fsp3) is 0.900. The van der Waals surface area contributed by atoms with Gasteiger partial charge >= 0.3 is 0 Å². The van der Waals surface area contributed by atoms with Crippen LogP contribution in [0.25, 0.3) is 0 Å². The van der Waals surface area contributed by atoms with Crippen LogP contribution in [0, 0.1) is 0 Å². The first-order valence-corrected chi connectivity index (χ1v) is 5.03. The number of halogens is 2. The first kappa shape index (κ1) is 12.5. The molecule has 0 aromatic carbocycles. The summed E-state index contributed by atoms with van der Waals surface area (Å²) in [6.07, 6.45) is -2.53. The third kappa shape index (κ3) is 2.72. The summed E-state index contributed by atoms with van der Waals surface area (Å²) >= 11 is 0. The standard InChI is InChI=1S/C10H17F2NO2/c1-7(8(2)14)13-4-5-15-10(3,6-13)9(11)12/h7,9H,4-6H2,1-3H3. The van der Waals surface area contributed by atoms with E-state index in [1.807, 2.05) is 0 Å². The van der Waals surface area contributed by atoms with Crippen molar-refractivity contribution in [1.82, 2.24) is 4.90 Å². The summed E-state index contributed by atoms with van der Waals surface area (Å²) < 4.78 is 30.5. The van der Waals surface area contributed by atoms with E-state index in [4.69, 9.17) is 4.74 Å². The molecule has 1 saturated heterocycles. The Bertz CT molecular complexity index is 248. The van der Waals surface area contributed by atoms with E-state index in [-0.39, 0.29) is 25.0 Å². The molecule has 3 nitrogen and oxygen atoms in total. The average molecular weight is 221 g/mol. The zero-order valence-electron chi connectivity index (χ0n) is 9.30. The van der Waals surface area contributed by atoms with E-state index in [2.05, 4.69) is 0 Å². The summed E-state index contributed by atoms with van der Waals surface area (Å²) in [5.74, 6) is -0.00600. The Kier molecular flexibility index (Phi) is 3.78. The number of rotatable bonds is 3. The van der Waals surface area contributed by atoms with E-state index in [0.717, 1.165) is 0 Å². The highest BCUT2D eigenvalue weighted by atomic mass is 19.3. The number of carbonyl (C=O) groups is 1. The van der Waals surface area contributed by atoms with Crippen LogP contribution in [0.3, 0.4) is 0 Å². The fourth-order valence-corrected chi connectivity index (χ4v) is 1.64. The summed E-state index contributed by atoms with van der Waals surface area (Å²) in [6.45, 7) is 5.48. The lowest BCUT2D eigenvalue weighted by molar-refractivity contribution is -0.176. The number of carbonyl (C=O) groups excluding carboxylic acids is 1. The summed E-state index contributed by atoms with van der Waals surface area (Å²) in [4.78, 5) is 12.9. The Morgan fingerprint density at radius 1 is 1.53 bits per heavy atom. The SMILES string of the molecule is CC(=O)C(C)N1CCOC(C)(C(F)F)C1. The first-order valence-electron chi connectivity index (χ1n) is 5.03. The normalized spacial score (nSPS) is 30.5. The second kappa shape index (κ2) is 4.53. The molecule has 0 N–H and O–H groups in total. The highest BCUT2D eigenvalue weighted by Crippen LogP contribution is 2.25. The third-order valence-corrected chi connectivity index (χ3v) is 2.92. The van der Waals surface area contributed by atoms with Gasteiger partial charge in [0.05, 0.1) is 12.6 Å². The lowest BCUT2D eigenvalue weighted by atomic mass is 10.0. The molecule has 88 valence electrons. The number of ether oxygens (including phenoxy) is 1. The molecule has 0 saturated carbocycles. The molecule has 0 bridgehead atoms. The molecular weight excluding hydrogens is 204 g/mol. The van der Waals surface area contributed by atoms with E-state index in [9.17, 15) is 13.6 Å². The van der Waals surface area contributed by atoms with Crippen molar-refractivity contribution in [1.29, 1.82) is 0 Å². The molecule has 0 spiro atoms. The van der Waals surface area contributed by atoms with Crippen LogP contribution in [-0.4, -0.2) is 48.4 Å². The minimum Gasteiger partial charge on any atom is -0.367 e. The number of nitrogens with zero attached hydrogens (tertiary/aromatic N) is 1. The van der Waals surface area contributed by atoms with E-state index < -0.39 is 12.0 Å². The predicted molar refractivity (Wildman–Crippen MR) is 52.1 cm³/mol. The minimum atomic E-state index is -2.53. The molecule has 0 aromatic heterocycles. The summed E-state index contributed by atoms with van der Waals surface area (Å²) in [6, 6.07) is -0.313. The largest absolute Gasteiger partial charge is 0.367 e. The molecule has 1 heterocycles. The van der Waals surface area contributed by atoms with Gasteiger partial charge in [-0.05, 0) is 20.8 Å². The molecule has 0 amide bonds. The van der Waals surface area contributed by atoms with Crippen LogP contribution < -0.4 is 0 Å². The maximum atomic E-state index is 12.7. The van der Waals surface area contributed by atoms with Gasteiger partial charge in [-0.2, -0.15) is 0 Å². The van der Waals surface area contributed by atoms with Crippen molar-refractivity contribution in [3.05, 3.63) is 0 Å². The molecule has 15 heavy (non-hydrogen) atoms. The van der Waals surface area contributed by atoms with Gasteiger partial charge in [-0.1, -0.05) is 0 Å². The van der Waals surface area contributed by atoms with Gasteiger partial charge in [0.15, 0.2) is 0 Å². The number of ketones is 1. The summed E-state index contributed by atoms with van der Waals surface area (Å²) in [5, 5.41) is 0. The minimum absolute atomic E-state index is 0.00600. The monoisotopic (exact) mass is 221 g/mol. The zero-order valence-corrected chi connectivity index (χ0v) is 9.30.